The number of piperidine rings is 1. The van der Waals surface area contributed by atoms with Crippen LogP contribution in [0.25, 0.3) is 0 Å². The van der Waals surface area contributed by atoms with Gasteiger partial charge in [-0.25, -0.2) is 0 Å². The van der Waals surface area contributed by atoms with Gasteiger partial charge in [0.2, 0.25) is 5.95 Å². The van der Waals surface area contributed by atoms with Gasteiger partial charge in [-0.05, 0) is 30.9 Å². The predicted octanol–water partition coefficient (Wildman–Crippen LogP) is 4.16. The Morgan fingerprint density at radius 1 is 1.23 bits per heavy atom. The van der Waals surface area contributed by atoms with Crippen molar-refractivity contribution >= 4 is 40.7 Å². The zero-order valence-corrected chi connectivity index (χ0v) is 13.8. The summed E-state index contributed by atoms with van der Waals surface area (Å²) in [7, 11) is 0. The van der Waals surface area contributed by atoms with Crippen LogP contribution in [-0.4, -0.2) is 28.3 Å². The largest absolute Gasteiger partial charge is 0.355 e. The Morgan fingerprint density at radius 3 is 2.77 bits per heavy atom. The number of anilines is 3. The van der Waals surface area contributed by atoms with Gasteiger partial charge < -0.3 is 10.2 Å². The molecule has 0 atom stereocenters. The van der Waals surface area contributed by atoms with Crippen LogP contribution in [0.1, 0.15) is 19.8 Å². The molecule has 1 saturated heterocycles. The van der Waals surface area contributed by atoms with Crippen LogP contribution >= 0.6 is 23.2 Å². The lowest BCUT2D eigenvalue weighted by Gasteiger charge is -2.30. The first-order valence-corrected chi connectivity index (χ1v) is 8.05. The smallest absolute Gasteiger partial charge is 0.249 e. The molecule has 0 spiro atoms. The topological polar surface area (TPSA) is 53.9 Å². The van der Waals surface area contributed by atoms with Crippen LogP contribution in [0.2, 0.25) is 10.0 Å². The fraction of sp³-hybridized carbons (Fsp3) is 0.400. The van der Waals surface area contributed by atoms with E-state index in [2.05, 4.69) is 32.3 Å². The molecule has 1 N–H and O–H groups in total. The van der Waals surface area contributed by atoms with Crippen LogP contribution in [0.3, 0.4) is 0 Å². The van der Waals surface area contributed by atoms with Crippen molar-refractivity contribution in [3.63, 3.8) is 0 Å². The van der Waals surface area contributed by atoms with Gasteiger partial charge in [0.05, 0.1) is 21.9 Å². The molecule has 0 amide bonds. The molecule has 1 aromatic heterocycles. The summed E-state index contributed by atoms with van der Waals surface area (Å²) in [6, 6.07) is 5.38. The van der Waals surface area contributed by atoms with E-state index in [0.29, 0.717) is 21.7 Å². The van der Waals surface area contributed by atoms with E-state index in [1.54, 1.807) is 12.3 Å². The minimum Gasteiger partial charge on any atom is -0.355 e. The second-order valence-corrected chi connectivity index (χ2v) is 6.32. The number of nitrogens with zero attached hydrogens (tertiary/aromatic N) is 4. The lowest BCUT2D eigenvalue weighted by Crippen LogP contribution is -2.33. The van der Waals surface area contributed by atoms with E-state index < -0.39 is 0 Å². The van der Waals surface area contributed by atoms with Gasteiger partial charge >= 0.3 is 0 Å². The summed E-state index contributed by atoms with van der Waals surface area (Å²) < 4.78 is 0. The first kappa shape index (κ1) is 15.3. The lowest BCUT2D eigenvalue weighted by molar-refractivity contribution is 0.436. The molecule has 3 rings (SSSR count). The second-order valence-electron chi connectivity index (χ2n) is 5.53. The Kier molecular flexibility index (Phi) is 4.64. The number of nitrogens with one attached hydrogen (secondary N) is 1. The summed E-state index contributed by atoms with van der Waals surface area (Å²) in [5, 5.41) is 12.1. The number of halogens is 2. The molecule has 0 aliphatic carbocycles. The van der Waals surface area contributed by atoms with E-state index in [1.807, 2.05) is 12.1 Å². The third-order valence-corrected chi connectivity index (χ3v) is 4.67. The van der Waals surface area contributed by atoms with Crippen molar-refractivity contribution in [1.82, 2.24) is 15.2 Å². The van der Waals surface area contributed by atoms with Crippen molar-refractivity contribution in [2.24, 2.45) is 5.92 Å². The van der Waals surface area contributed by atoms with Crippen LogP contribution in [0.5, 0.6) is 0 Å². The molecular formula is C15H17Cl2N5. The Balaban J connectivity index is 1.78. The normalized spacial score (nSPS) is 15.9. The Hall–Kier alpha value is -1.59. The number of benzene rings is 1. The van der Waals surface area contributed by atoms with Crippen molar-refractivity contribution in [3.05, 3.63) is 34.4 Å². The second kappa shape index (κ2) is 6.67. The number of rotatable bonds is 3. The zero-order valence-electron chi connectivity index (χ0n) is 12.3. The Labute approximate surface area is 139 Å². The van der Waals surface area contributed by atoms with Gasteiger partial charge in [-0.2, -0.15) is 10.1 Å². The van der Waals surface area contributed by atoms with Crippen molar-refractivity contribution in [3.8, 4) is 0 Å². The molecule has 1 fully saturated rings. The van der Waals surface area contributed by atoms with Crippen molar-refractivity contribution in [2.75, 3.05) is 23.3 Å². The Morgan fingerprint density at radius 2 is 2.00 bits per heavy atom. The first-order chi connectivity index (χ1) is 10.6. The van der Waals surface area contributed by atoms with E-state index in [0.717, 1.165) is 24.8 Å². The maximum atomic E-state index is 6.17. The van der Waals surface area contributed by atoms with Gasteiger partial charge in [-0.15, -0.1) is 5.10 Å². The van der Waals surface area contributed by atoms with Crippen molar-refractivity contribution in [1.29, 1.82) is 0 Å². The molecule has 116 valence electrons. The van der Waals surface area contributed by atoms with Gasteiger partial charge in [0.25, 0.3) is 0 Å². The molecule has 2 heterocycles. The summed E-state index contributed by atoms with van der Waals surface area (Å²) in [5.74, 6) is 2.02. The molecular weight excluding hydrogens is 321 g/mol. The molecule has 1 aliphatic rings. The molecule has 0 radical (unpaired) electrons. The molecule has 7 heteroatoms. The molecule has 2 aromatic rings. The van der Waals surface area contributed by atoms with Crippen LogP contribution in [0, 0.1) is 5.92 Å². The fourth-order valence-corrected chi connectivity index (χ4v) is 2.81. The van der Waals surface area contributed by atoms with Gasteiger partial charge in [0.15, 0.2) is 5.82 Å². The Bertz CT molecular complexity index is 656. The van der Waals surface area contributed by atoms with E-state index in [9.17, 15) is 0 Å². The highest BCUT2D eigenvalue weighted by Gasteiger charge is 2.18. The van der Waals surface area contributed by atoms with E-state index in [4.69, 9.17) is 23.2 Å². The minimum atomic E-state index is 0.417. The highest BCUT2D eigenvalue weighted by molar-refractivity contribution is 6.43. The highest BCUT2D eigenvalue weighted by Crippen LogP contribution is 2.31. The standard InChI is InChI=1S/C15H17Cl2N5/c1-10-5-7-22(8-6-10)13-9-18-21-15(20-13)19-12-4-2-3-11(16)14(12)17/h2-4,9-10H,5-8H2,1H3,(H,19,20,21). The average molecular weight is 338 g/mol. The maximum absolute atomic E-state index is 6.17. The van der Waals surface area contributed by atoms with Crippen LogP contribution in [0.15, 0.2) is 24.4 Å². The first-order valence-electron chi connectivity index (χ1n) is 7.29. The number of hydrogen-bond donors (Lipinski definition) is 1. The monoisotopic (exact) mass is 337 g/mol. The number of aromatic nitrogens is 3. The van der Waals surface area contributed by atoms with Crippen molar-refractivity contribution in [2.45, 2.75) is 19.8 Å². The van der Waals surface area contributed by atoms with Crippen LogP contribution < -0.4 is 10.2 Å². The van der Waals surface area contributed by atoms with Crippen LogP contribution in [-0.2, 0) is 0 Å². The predicted molar refractivity (Wildman–Crippen MR) is 90.2 cm³/mol. The van der Waals surface area contributed by atoms with Crippen molar-refractivity contribution < 1.29 is 0 Å². The van der Waals surface area contributed by atoms with E-state index >= 15 is 0 Å². The molecule has 1 aromatic carbocycles. The van der Waals surface area contributed by atoms with Gasteiger partial charge in [-0.1, -0.05) is 36.2 Å². The summed E-state index contributed by atoms with van der Waals surface area (Å²) in [6.45, 7) is 4.28. The third kappa shape index (κ3) is 3.42. The SMILES string of the molecule is CC1CCN(c2cnnc(Nc3cccc(Cl)c3Cl)n2)CC1. The number of hydrogen-bond acceptors (Lipinski definition) is 5. The molecule has 1 aliphatic heterocycles. The van der Waals surface area contributed by atoms with Gasteiger partial charge in [0.1, 0.15) is 0 Å². The summed E-state index contributed by atoms with van der Waals surface area (Å²) in [6.07, 6.45) is 4.04. The summed E-state index contributed by atoms with van der Waals surface area (Å²) in [4.78, 5) is 6.76. The quantitative estimate of drug-likeness (QED) is 0.911. The lowest BCUT2D eigenvalue weighted by atomic mass is 9.99. The van der Waals surface area contributed by atoms with Crippen LogP contribution in [0.4, 0.5) is 17.5 Å². The minimum absolute atomic E-state index is 0.417. The fourth-order valence-electron chi connectivity index (χ4n) is 2.46. The van der Waals surface area contributed by atoms with E-state index in [1.165, 1.54) is 12.8 Å². The molecule has 5 nitrogen and oxygen atoms in total. The molecule has 22 heavy (non-hydrogen) atoms. The van der Waals surface area contributed by atoms with E-state index in [-0.39, 0.29) is 0 Å². The molecule has 0 unspecified atom stereocenters. The zero-order chi connectivity index (χ0) is 15.5. The summed E-state index contributed by atoms with van der Waals surface area (Å²) >= 11 is 12.2. The maximum Gasteiger partial charge on any atom is 0.249 e. The van der Waals surface area contributed by atoms with Gasteiger partial charge in [0, 0.05) is 13.1 Å². The molecule has 0 bridgehead atoms. The third-order valence-electron chi connectivity index (χ3n) is 3.85. The molecule has 0 saturated carbocycles. The summed E-state index contributed by atoms with van der Waals surface area (Å²) in [5.41, 5.74) is 0.667. The van der Waals surface area contributed by atoms with Gasteiger partial charge in [-0.3, -0.25) is 0 Å². The highest BCUT2D eigenvalue weighted by atomic mass is 35.5. The average Bonchev–Trinajstić information content (AvgIpc) is 2.53.